The van der Waals surface area contributed by atoms with Gasteiger partial charge in [-0.1, -0.05) is 24.1 Å². The van der Waals surface area contributed by atoms with E-state index in [-0.39, 0.29) is 16.8 Å². The predicted molar refractivity (Wildman–Crippen MR) is 115 cm³/mol. The minimum absolute atomic E-state index is 0.0865. The Morgan fingerprint density at radius 2 is 1.93 bits per heavy atom. The number of benzene rings is 1. The highest BCUT2D eigenvalue weighted by Gasteiger charge is 2.42. The van der Waals surface area contributed by atoms with Crippen LogP contribution in [0, 0.1) is 24.7 Å². The molecule has 5 unspecified atom stereocenters. The summed E-state index contributed by atoms with van der Waals surface area (Å²) in [6, 6.07) is 6.03. The molecule has 3 rings (SSSR count). The van der Waals surface area contributed by atoms with Crippen LogP contribution in [-0.4, -0.2) is 38.4 Å². The number of fused-ring (bicyclic) bond motifs is 2. The minimum atomic E-state index is -3.73. The van der Waals surface area contributed by atoms with E-state index in [0.717, 1.165) is 17.2 Å². The maximum atomic E-state index is 12.9. The fourth-order valence-corrected chi connectivity index (χ4v) is 6.49. The Kier molecular flexibility index (Phi) is 7.10. The zero-order valence-electron chi connectivity index (χ0n) is 17.0. The summed E-state index contributed by atoms with van der Waals surface area (Å²) in [6.07, 6.45) is 7.51. The fraction of sp³-hybridized carbons (Fsp3) is 0.667. The molecule has 2 bridgehead atoms. The molecule has 2 saturated carbocycles. The first kappa shape index (κ1) is 21.7. The summed E-state index contributed by atoms with van der Waals surface area (Å²) < 4.78 is 28.2. The summed E-state index contributed by atoms with van der Waals surface area (Å²) in [7, 11) is -3.73. The lowest BCUT2D eigenvalue weighted by Gasteiger charge is -2.30. The number of rotatable bonds is 9. The topological polar surface area (TPSA) is 75.3 Å². The third-order valence-electron chi connectivity index (χ3n) is 6.36. The van der Waals surface area contributed by atoms with E-state index in [2.05, 4.69) is 17.0 Å². The number of hydrogen-bond donors (Lipinski definition) is 2. The van der Waals surface area contributed by atoms with Gasteiger partial charge in [0.2, 0.25) is 15.9 Å². The third-order valence-corrected chi connectivity index (χ3v) is 8.49. The van der Waals surface area contributed by atoms with Gasteiger partial charge in [0.15, 0.2) is 0 Å². The van der Waals surface area contributed by atoms with Gasteiger partial charge in [-0.3, -0.25) is 4.79 Å². The summed E-state index contributed by atoms with van der Waals surface area (Å²) in [4.78, 5) is 13.1. The van der Waals surface area contributed by atoms with Gasteiger partial charge in [-0.25, -0.2) is 8.42 Å². The van der Waals surface area contributed by atoms with Crippen LogP contribution in [0.15, 0.2) is 29.2 Å². The highest BCUT2D eigenvalue weighted by Crippen LogP contribution is 2.49. The molecule has 7 heteroatoms. The molecule has 0 radical (unpaired) electrons. The van der Waals surface area contributed by atoms with Crippen LogP contribution in [0.4, 0.5) is 0 Å². The zero-order valence-corrected chi connectivity index (χ0v) is 18.6. The second-order valence-electron chi connectivity index (χ2n) is 8.40. The summed E-state index contributed by atoms with van der Waals surface area (Å²) in [5.41, 5.74) is 0.996. The largest absolute Gasteiger partial charge is 0.352 e. The number of hydrogen-bond acceptors (Lipinski definition) is 4. The van der Waals surface area contributed by atoms with Crippen molar-refractivity contribution in [3.63, 3.8) is 0 Å². The number of carbonyl (C=O) groups excluding carboxylic acids is 1. The van der Waals surface area contributed by atoms with Crippen LogP contribution in [-0.2, 0) is 14.8 Å². The first-order valence-electron chi connectivity index (χ1n) is 10.2. The lowest BCUT2D eigenvalue weighted by atomic mass is 9.84. The van der Waals surface area contributed by atoms with Crippen LogP contribution in [0.5, 0.6) is 0 Å². The average molecular weight is 425 g/mol. The van der Waals surface area contributed by atoms with Crippen molar-refractivity contribution in [3.8, 4) is 0 Å². The predicted octanol–water partition coefficient (Wildman–Crippen LogP) is 3.34. The molecule has 1 amide bonds. The van der Waals surface area contributed by atoms with E-state index in [0.29, 0.717) is 18.3 Å². The van der Waals surface area contributed by atoms with Gasteiger partial charge in [-0.15, -0.1) is 0 Å². The quantitative estimate of drug-likeness (QED) is 0.638. The lowest BCUT2D eigenvalue weighted by Crippen LogP contribution is -2.51. The molecule has 5 nitrogen and oxygen atoms in total. The summed E-state index contributed by atoms with van der Waals surface area (Å²) in [5.74, 6) is 2.57. The van der Waals surface area contributed by atoms with Crippen molar-refractivity contribution in [3.05, 3.63) is 29.8 Å². The fourth-order valence-electron chi connectivity index (χ4n) is 4.79. The molecular formula is C21H32N2O3S2. The molecule has 0 heterocycles. The Hall–Kier alpha value is -1.05. The van der Waals surface area contributed by atoms with E-state index in [9.17, 15) is 13.2 Å². The Bertz CT molecular complexity index is 779. The Balaban J connectivity index is 1.66. The molecule has 0 saturated heterocycles. The smallest absolute Gasteiger partial charge is 0.241 e. The molecule has 156 valence electrons. The molecule has 2 N–H and O–H groups in total. The molecule has 0 aliphatic heterocycles. The van der Waals surface area contributed by atoms with Crippen LogP contribution in [0.3, 0.4) is 0 Å². The number of aryl methyl sites for hydroxylation is 1. The highest BCUT2D eigenvalue weighted by atomic mass is 32.2. The molecule has 1 aromatic rings. The Labute approximate surface area is 173 Å². The molecule has 1 aromatic carbocycles. The maximum Gasteiger partial charge on any atom is 0.241 e. The number of sulfonamides is 1. The van der Waals surface area contributed by atoms with Crippen molar-refractivity contribution in [1.82, 2.24) is 10.0 Å². The number of amides is 1. The van der Waals surface area contributed by atoms with Crippen LogP contribution >= 0.6 is 11.8 Å². The Morgan fingerprint density at radius 1 is 1.21 bits per heavy atom. The van der Waals surface area contributed by atoms with Gasteiger partial charge in [-0.05, 0) is 81.4 Å². The van der Waals surface area contributed by atoms with Crippen LogP contribution in [0.25, 0.3) is 0 Å². The van der Waals surface area contributed by atoms with Gasteiger partial charge in [0, 0.05) is 6.04 Å². The second-order valence-corrected chi connectivity index (χ2v) is 11.1. The van der Waals surface area contributed by atoms with Gasteiger partial charge in [0.25, 0.3) is 0 Å². The van der Waals surface area contributed by atoms with E-state index in [1.54, 1.807) is 36.0 Å². The third kappa shape index (κ3) is 5.10. The van der Waals surface area contributed by atoms with Gasteiger partial charge in [0.1, 0.15) is 6.04 Å². The first-order valence-corrected chi connectivity index (χ1v) is 13.1. The van der Waals surface area contributed by atoms with Crippen molar-refractivity contribution in [2.45, 2.75) is 62.9 Å². The standard InChI is InChI=1S/C21H32N2O3S2/c1-14-4-8-18(9-5-14)28(25,26)23-20(10-11-27-3)21(24)22-15(2)19-13-16-6-7-17(19)12-16/h4-5,8-9,15-17,19-20,23H,6-7,10-13H2,1-3H3,(H,22,24). The number of thioether (sulfide) groups is 1. The normalized spacial score (nSPS) is 26.2. The maximum absolute atomic E-state index is 12.9. The minimum Gasteiger partial charge on any atom is -0.352 e. The lowest BCUT2D eigenvalue weighted by molar-refractivity contribution is -0.123. The van der Waals surface area contributed by atoms with Crippen molar-refractivity contribution in [2.75, 3.05) is 12.0 Å². The first-order chi connectivity index (χ1) is 13.3. The zero-order chi connectivity index (χ0) is 20.3. The van der Waals surface area contributed by atoms with Gasteiger partial charge in [-0.2, -0.15) is 16.5 Å². The van der Waals surface area contributed by atoms with E-state index in [1.165, 1.54) is 25.7 Å². The van der Waals surface area contributed by atoms with E-state index < -0.39 is 16.1 Å². The molecule has 0 aromatic heterocycles. The van der Waals surface area contributed by atoms with Crippen LogP contribution in [0.1, 0.15) is 44.6 Å². The Morgan fingerprint density at radius 3 is 2.50 bits per heavy atom. The molecular weight excluding hydrogens is 392 g/mol. The van der Waals surface area contributed by atoms with E-state index in [1.807, 2.05) is 13.2 Å². The van der Waals surface area contributed by atoms with E-state index in [4.69, 9.17) is 0 Å². The molecule has 28 heavy (non-hydrogen) atoms. The number of carbonyl (C=O) groups is 1. The van der Waals surface area contributed by atoms with Gasteiger partial charge >= 0.3 is 0 Å². The summed E-state index contributed by atoms with van der Waals surface area (Å²) in [6.45, 7) is 3.99. The second kappa shape index (κ2) is 9.18. The monoisotopic (exact) mass is 424 g/mol. The molecule has 2 aliphatic rings. The molecule has 5 atom stereocenters. The molecule has 2 fully saturated rings. The SMILES string of the molecule is CSCCC(NS(=O)(=O)c1ccc(C)cc1)C(=O)NC(C)C1CC2CCC1C2. The van der Waals surface area contributed by atoms with Crippen molar-refractivity contribution in [2.24, 2.45) is 17.8 Å². The van der Waals surface area contributed by atoms with Crippen molar-refractivity contribution >= 4 is 27.7 Å². The average Bonchev–Trinajstić information content (AvgIpc) is 3.29. The summed E-state index contributed by atoms with van der Waals surface area (Å²) >= 11 is 1.61. The van der Waals surface area contributed by atoms with Crippen molar-refractivity contribution in [1.29, 1.82) is 0 Å². The van der Waals surface area contributed by atoms with Crippen molar-refractivity contribution < 1.29 is 13.2 Å². The molecule has 0 spiro atoms. The molecule has 2 aliphatic carbocycles. The highest BCUT2D eigenvalue weighted by molar-refractivity contribution is 7.98. The number of nitrogens with one attached hydrogen (secondary N) is 2. The van der Waals surface area contributed by atoms with Gasteiger partial charge in [0.05, 0.1) is 4.90 Å². The van der Waals surface area contributed by atoms with Gasteiger partial charge < -0.3 is 5.32 Å². The summed E-state index contributed by atoms with van der Waals surface area (Å²) in [5, 5.41) is 3.12. The van der Waals surface area contributed by atoms with Crippen LogP contribution in [0.2, 0.25) is 0 Å². The van der Waals surface area contributed by atoms with E-state index >= 15 is 0 Å². The van der Waals surface area contributed by atoms with Crippen LogP contribution < -0.4 is 10.0 Å².